The highest BCUT2D eigenvalue weighted by Crippen LogP contribution is 2.24. The molecule has 0 saturated heterocycles. The summed E-state index contributed by atoms with van der Waals surface area (Å²) in [5, 5.41) is 11.6. The number of aliphatic carboxylic acids is 1. The summed E-state index contributed by atoms with van der Waals surface area (Å²) in [4.78, 5) is 10.9. The van der Waals surface area contributed by atoms with Gasteiger partial charge in [-0.1, -0.05) is 35.9 Å². The average Bonchev–Trinajstić information content (AvgIpc) is 2.26. The van der Waals surface area contributed by atoms with Crippen molar-refractivity contribution in [3.63, 3.8) is 0 Å². The molecule has 0 spiro atoms. The number of hydrogen-bond donors (Lipinski definition) is 1. The SMILES string of the molecule is CC(C(=O)O)c1ccc2ccc(Cl)cc2c1. The molecule has 2 rings (SSSR count). The highest BCUT2D eigenvalue weighted by Gasteiger charge is 2.13. The van der Waals surface area contributed by atoms with Gasteiger partial charge in [0, 0.05) is 5.02 Å². The second kappa shape index (κ2) is 4.14. The Morgan fingerprint density at radius 2 is 1.88 bits per heavy atom. The summed E-state index contributed by atoms with van der Waals surface area (Å²) in [5.74, 6) is -1.32. The van der Waals surface area contributed by atoms with E-state index in [0.29, 0.717) is 5.02 Å². The van der Waals surface area contributed by atoms with Crippen molar-refractivity contribution in [1.82, 2.24) is 0 Å². The minimum absolute atomic E-state index is 0.497. The van der Waals surface area contributed by atoms with Crippen LogP contribution in [-0.4, -0.2) is 11.1 Å². The van der Waals surface area contributed by atoms with Gasteiger partial charge in [0.15, 0.2) is 0 Å². The van der Waals surface area contributed by atoms with E-state index in [-0.39, 0.29) is 0 Å². The summed E-state index contributed by atoms with van der Waals surface area (Å²) in [7, 11) is 0. The number of hydrogen-bond acceptors (Lipinski definition) is 1. The van der Waals surface area contributed by atoms with Gasteiger partial charge in [-0.2, -0.15) is 0 Å². The van der Waals surface area contributed by atoms with Crippen molar-refractivity contribution in [3.8, 4) is 0 Å². The number of fused-ring (bicyclic) bond motifs is 1. The summed E-state index contributed by atoms with van der Waals surface area (Å²) in [6.07, 6.45) is 0. The molecule has 0 aliphatic heterocycles. The van der Waals surface area contributed by atoms with Gasteiger partial charge in [-0.05, 0) is 35.4 Å². The van der Waals surface area contributed by atoms with Crippen molar-refractivity contribution in [3.05, 3.63) is 47.0 Å². The van der Waals surface area contributed by atoms with E-state index in [2.05, 4.69) is 0 Å². The molecular weight excluding hydrogens is 224 g/mol. The number of rotatable bonds is 2. The van der Waals surface area contributed by atoms with Crippen LogP contribution in [0.1, 0.15) is 18.4 Å². The maximum absolute atomic E-state index is 10.9. The Bertz CT molecular complexity index is 549. The number of benzene rings is 2. The van der Waals surface area contributed by atoms with Gasteiger partial charge in [-0.3, -0.25) is 4.79 Å². The Labute approximate surface area is 98.5 Å². The Balaban J connectivity index is 2.54. The van der Waals surface area contributed by atoms with Crippen LogP contribution in [0.15, 0.2) is 36.4 Å². The second-order valence-corrected chi connectivity index (χ2v) is 4.25. The summed E-state index contributed by atoms with van der Waals surface area (Å²) in [5.41, 5.74) is 0.794. The Morgan fingerprint density at radius 3 is 2.56 bits per heavy atom. The predicted molar refractivity (Wildman–Crippen MR) is 65.0 cm³/mol. The molecular formula is C13H11ClO2. The second-order valence-electron chi connectivity index (χ2n) is 3.81. The zero-order valence-electron chi connectivity index (χ0n) is 8.77. The first-order valence-corrected chi connectivity index (χ1v) is 5.38. The molecule has 0 saturated carbocycles. The van der Waals surface area contributed by atoms with Gasteiger partial charge in [0.2, 0.25) is 0 Å². The van der Waals surface area contributed by atoms with Crippen molar-refractivity contribution in [2.24, 2.45) is 0 Å². The molecule has 0 heterocycles. The molecule has 1 unspecified atom stereocenters. The highest BCUT2D eigenvalue weighted by atomic mass is 35.5. The van der Waals surface area contributed by atoms with Gasteiger partial charge in [-0.15, -0.1) is 0 Å². The van der Waals surface area contributed by atoms with Crippen LogP contribution in [0.25, 0.3) is 10.8 Å². The molecule has 0 fully saturated rings. The van der Waals surface area contributed by atoms with Gasteiger partial charge < -0.3 is 5.11 Å². The first-order chi connectivity index (χ1) is 7.58. The Morgan fingerprint density at radius 1 is 1.19 bits per heavy atom. The number of halogens is 1. The topological polar surface area (TPSA) is 37.3 Å². The van der Waals surface area contributed by atoms with Crippen molar-refractivity contribution in [2.75, 3.05) is 0 Å². The zero-order valence-corrected chi connectivity index (χ0v) is 9.53. The lowest BCUT2D eigenvalue weighted by molar-refractivity contribution is -0.138. The molecule has 2 nitrogen and oxygen atoms in total. The first kappa shape index (κ1) is 11.0. The van der Waals surface area contributed by atoms with Crippen molar-refractivity contribution < 1.29 is 9.90 Å². The van der Waals surface area contributed by atoms with Gasteiger partial charge >= 0.3 is 5.97 Å². The molecule has 3 heteroatoms. The lowest BCUT2D eigenvalue weighted by atomic mass is 9.98. The Kier molecular flexibility index (Phi) is 2.84. The fraction of sp³-hybridized carbons (Fsp3) is 0.154. The fourth-order valence-corrected chi connectivity index (χ4v) is 1.83. The van der Waals surface area contributed by atoms with E-state index in [1.54, 1.807) is 6.92 Å². The van der Waals surface area contributed by atoms with Gasteiger partial charge in [0.25, 0.3) is 0 Å². The molecule has 16 heavy (non-hydrogen) atoms. The minimum atomic E-state index is -0.818. The van der Waals surface area contributed by atoms with Gasteiger partial charge in [0.1, 0.15) is 0 Å². The van der Waals surface area contributed by atoms with Crippen LogP contribution >= 0.6 is 11.6 Å². The molecule has 2 aromatic rings. The third-order valence-electron chi connectivity index (χ3n) is 2.70. The van der Waals surface area contributed by atoms with Crippen LogP contribution in [0.2, 0.25) is 5.02 Å². The molecule has 2 aromatic carbocycles. The normalized spacial score (nSPS) is 12.6. The van der Waals surface area contributed by atoms with E-state index in [1.807, 2.05) is 36.4 Å². The van der Waals surface area contributed by atoms with E-state index in [0.717, 1.165) is 16.3 Å². The lowest BCUT2D eigenvalue weighted by Gasteiger charge is -2.08. The van der Waals surface area contributed by atoms with Crippen LogP contribution in [0.4, 0.5) is 0 Å². The quantitative estimate of drug-likeness (QED) is 0.861. The van der Waals surface area contributed by atoms with Gasteiger partial charge in [0.05, 0.1) is 5.92 Å². The van der Waals surface area contributed by atoms with E-state index in [9.17, 15) is 4.79 Å². The van der Waals surface area contributed by atoms with E-state index in [1.165, 1.54) is 0 Å². The third-order valence-corrected chi connectivity index (χ3v) is 2.93. The maximum atomic E-state index is 10.9. The van der Waals surface area contributed by atoms with Crippen LogP contribution in [0.5, 0.6) is 0 Å². The van der Waals surface area contributed by atoms with Crippen molar-refractivity contribution in [1.29, 1.82) is 0 Å². The summed E-state index contributed by atoms with van der Waals surface area (Å²) in [6, 6.07) is 11.2. The molecule has 0 radical (unpaired) electrons. The Hall–Kier alpha value is -1.54. The average molecular weight is 235 g/mol. The molecule has 1 atom stereocenters. The molecule has 0 aliphatic carbocycles. The summed E-state index contributed by atoms with van der Waals surface area (Å²) in [6.45, 7) is 1.67. The zero-order chi connectivity index (χ0) is 11.7. The summed E-state index contributed by atoms with van der Waals surface area (Å²) >= 11 is 5.90. The van der Waals surface area contributed by atoms with Crippen LogP contribution < -0.4 is 0 Å². The highest BCUT2D eigenvalue weighted by molar-refractivity contribution is 6.31. The van der Waals surface area contributed by atoms with E-state index >= 15 is 0 Å². The predicted octanol–water partition coefficient (Wildman–Crippen LogP) is 3.68. The molecule has 82 valence electrons. The smallest absolute Gasteiger partial charge is 0.310 e. The molecule has 0 aliphatic rings. The third kappa shape index (κ3) is 2.02. The first-order valence-electron chi connectivity index (χ1n) is 5.00. The van der Waals surface area contributed by atoms with Crippen molar-refractivity contribution >= 4 is 28.3 Å². The largest absolute Gasteiger partial charge is 0.481 e. The lowest BCUT2D eigenvalue weighted by Crippen LogP contribution is -2.06. The molecule has 0 amide bonds. The summed E-state index contributed by atoms with van der Waals surface area (Å²) < 4.78 is 0. The fourth-order valence-electron chi connectivity index (χ4n) is 1.65. The van der Waals surface area contributed by atoms with Crippen molar-refractivity contribution in [2.45, 2.75) is 12.8 Å². The molecule has 0 bridgehead atoms. The maximum Gasteiger partial charge on any atom is 0.310 e. The number of carboxylic acid groups (broad SMARTS) is 1. The standard InChI is InChI=1S/C13H11ClO2/c1-8(13(15)16)10-3-2-9-4-5-12(14)7-11(9)6-10/h2-8H,1H3,(H,15,16). The van der Waals surface area contributed by atoms with Gasteiger partial charge in [-0.25, -0.2) is 0 Å². The monoisotopic (exact) mass is 234 g/mol. The van der Waals surface area contributed by atoms with Crippen LogP contribution in [0.3, 0.4) is 0 Å². The van der Waals surface area contributed by atoms with Crippen LogP contribution in [-0.2, 0) is 4.79 Å². The molecule has 1 N–H and O–H groups in total. The number of carbonyl (C=O) groups is 1. The van der Waals surface area contributed by atoms with Crippen LogP contribution in [0, 0.1) is 0 Å². The molecule has 0 aromatic heterocycles. The van der Waals surface area contributed by atoms with E-state index in [4.69, 9.17) is 16.7 Å². The minimum Gasteiger partial charge on any atom is -0.481 e. The number of carboxylic acids is 1. The van der Waals surface area contributed by atoms with E-state index < -0.39 is 11.9 Å².